The standard InChI is InChI=1S/C15H28O2/c1-11(2)13-15(3,4)10-16-14(17-13)12-8-6-5-7-9-12/h11-14H,5-10H2,1-4H3. The molecule has 100 valence electrons. The zero-order valence-corrected chi connectivity index (χ0v) is 11.9. The topological polar surface area (TPSA) is 18.5 Å². The summed E-state index contributed by atoms with van der Waals surface area (Å²) in [5.74, 6) is 1.21. The number of hydrogen-bond acceptors (Lipinski definition) is 2. The highest BCUT2D eigenvalue weighted by atomic mass is 16.7. The van der Waals surface area contributed by atoms with Gasteiger partial charge < -0.3 is 9.47 Å². The van der Waals surface area contributed by atoms with Crippen LogP contribution in [0.15, 0.2) is 0 Å². The summed E-state index contributed by atoms with van der Waals surface area (Å²) in [5, 5.41) is 0. The van der Waals surface area contributed by atoms with Crippen LogP contribution in [0, 0.1) is 17.3 Å². The predicted molar refractivity (Wildman–Crippen MR) is 69.8 cm³/mol. The van der Waals surface area contributed by atoms with Crippen LogP contribution in [-0.2, 0) is 9.47 Å². The molecule has 0 aromatic heterocycles. The van der Waals surface area contributed by atoms with E-state index < -0.39 is 0 Å². The number of rotatable bonds is 2. The molecule has 1 heterocycles. The minimum absolute atomic E-state index is 0.0655. The van der Waals surface area contributed by atoms with Crippen molar-refractivity contribution in [3.63, 3.8) is 0 Å². The summed E-state index contributed by atoms with van der Waals surface area (Å²) < 4.78 is 12.3. The van der Waals surface area contributed by atoms with Gasteiger partial charge in [0.2, 0.25) is 0 Å². The average molecular weight is 240 g/mol. The lowest BCUT2D eigenvalue weighted by atomic mass is 9.79. The molecule has 2 nitrogen and oxygen atoms in total. The molecule has 2 heteroatoms. The Morgan fingerprint density at radius 3 is 2.29 bits per heavy atom. The quantitative estimate of drug-likeness (QED) is 0.726. The van der Waals surface area contributed by atoms with Gasteiger partial charge in [-0.25, -0.2) is 0 Å². The molecule has 0 aromatic carbocycles. The van der Waals surface area contributed by atoms with Crippen LogP contribution < -0.4 is 0 Å². The van der Waals surface area contributed by atoms with Crippen LogP contribution in [0.2, 0.25) is 0 Å². The van der Waals surface area contributed by atoms with E-state index in [1.807, 2.05) is 0 Å². The van der Waals surface area contributed by atoms with Crippen molar-refractivity contribution >= 4 is 0 Å². The normalized spacial score (nSPS) is 35.1. The summed E-state index contributed by atoms with van der Waals surface area (Å²) in [6.45, 7) is 9.88. The van der Waals surface area contributed by atoms with E-state index in [1.54, 1.807) is 0 Å². The largest absolute Gasteiger partial charge is 0.352 e. The van der Waals surface area contributed by atoms with Crippen LogP contribution in [-0.4, -0.2) is 19.0 Å². The van der Waals surface area contributed by atoms with Crippen LogP contribution in [0.5, 0.6) is 0 Å². The fourth-order valence-electron chi connectivity index (χ4n) is 3.46. The minimum atomic E-state index is 0.0655. The van der Waals surface area contributed by atoms with E-state index in [9.17, 15) is 0 Å². The first-order chi connectivity index (χ1) is 8.00. The Morgan fingerprint density at radius 1 is 1.06 bits per heavy atom. The molecule has 0 aromatic rings. The maximum atomic E-state index is 6.28. The van der Waals surface area contributed by atoms with Crippen molar-refractivity contribution in [3.8, 4) is 0 Å². The minimum Gasteiger partial charge on any atom is -0.352 e. The van der Waals surface area contributed by atoms with Gasteiger partial charge in [0.1, 0.15) is 0 Å². The molecule has 2 aliphatic rings. The summed E-state index contributed by atoms with van der Waals surface area (Å²) in [5.41, 5.74) is 0.152. The molecule has 0 amide bonds. The Hall–Kier alpha value is -0.0800. The first-order valence-corrected chi connectivity index (χ1v) is 7.28. The molecule has 1 aliphatic carbocycles. The van der Waals surface area contributed by atoms with Crippen molar-refractivity contribution in [1.82, 2.24) is 0 Å². The fraction of sp³-hybridized carbons (Fsp3) is 1.00. The summed E-state index contributed by atoms with van der Waals surface area (Å²) in [6, 6.07) is 0. The van der Waals surface area contributed by atoms with Gasteiger partial charge in [0.05, 0.1) is 12.7 Å². The zero-order chi connectivity index (χ0) is 12.5. The lowest BCUT2D eigenvalue weighted by Gasteiger charge is -2.46. The van der Waals surface area contributed by atoms with Crippen molar-refractivity contribution in [2.45, 2.75) is 72.2 Å². The third-order valence-electron chi connectivity index (χ3n) is 4.31. The van der Waals surface area contributed by atoms with Crippen LogP contribution in [0.1, 0.15) is 59.8 Å². The second kappa shape index (κ2) is 5.27. The molecule has 2 unspecified atom stereocenters. The molecule has 0 spiro atoms. The Morgan fingerprint density at radius 2 is 1.71 bits per heavy atom. The molecule has 0 bridgehead atoms. The Labute approximate surface area is 106 Å². The van der Waals surface area contributed by atoms with Crippen LogP contribution in [0.25, 0.3) is 0 Å². The second-order valence-electron chi connectivity index (χ2n) is 6.87. The maximum absolute atomic E-state index is 6.28. The van der Waals surface area contributed by atoms with Gasteiger partial charge in [-0.15, -0.1) is 0 Å². The molecular weight excluding hydrogens is 212 g/mol. The molecule has 1 saturated carbocycles. The van der Waals surface area contributed by atoms with E-state index in [0.29, 0.717) is 17.9 Å². The van der Waals surface area contributed by atoms with E-state index in [2.05, 4.69) is 27.7 Å². The average Bonchev–Trinajstić information content (AvgIpc) is 2.29. The molecule has 2 fully saturated rings. The zero-order valence-electron chi connectivity index (χ0n) is 11.9. The van der Waals surface area contributed by atoms with Crippen molar-refractivity contribution in [1.29, 1.82) is 0 Å². The Bertz CT molecular complexity index is 241. The van der Waals surface area contributed by atoms with Gasteiger partial charge in [-0.1, -0.05) is 47.0 Å². The fourth-order valence-corrected chi connectivity index (χ4v) is 3.46. The summed E-state index contributed by atoms with van der Waals surface area (Å²) in [4.78, 5) is 0. The monoisotopic (exact) mass is 240 g/mol. The van der Waals surface area contributed by atoms with Crippen molar-refractivity contribution in [3.05, 3.63) is 0 Å². The summed E-state index contributed by atoms with van der Waals surface area (Å²) in [6.07, 6.45) is 7.07. The highest BCUT2D eigenvalue weighted by molar-refractivity contribution is 4.86. The van der Waals surface area contributed by atoms with E-state index >= 15 is 0 Å². The van der Waals surface area contributed by atoms with Gasteiger partial charge in [-0.3, -0.25) is 0 Å². The molecule has 17 heavy (non-hydrogen) atoms. The van der Waals surface area contributed by atoms with Crippen LogP contribution in [0.3, 0.4) is 0 Å². The summed E-state index contributed by atoms with van der Waals surface area (Å²) >= 11 is 0. The smallest absolute Gasteiger partial charge is 0.160 e. The van der Waals surface area contributed by atoms with E-state index in [1.165, 1.54) is 32.1 Å². The van der Waals surface area contributed by atoms with Gasteiger partial charge in [0.15, 0.2) is 6.29 Å². The van der Waals surface area contributed by atoms with Gasteiger partial charge >= 0.3 is 0 Å². The highest BCUT2D eigenvalue weighted by Gasteiger charge is 2.42. The Kier molecular flexibility index (Phi) is 4.14. The maximum Gasteiger partial charge on any atom is 0.160 e. The number of hydrogen-bond donors (Lipinski definition) is 0. The van der Waals surface area contributed by atoms with Gasteiger partial charge in [0, 0.05) is 11.3 Å². The van der Waals surface area contributed by atoms with Crippen LogP contribution in [0.4, 0.5) is 0 Å². The molecule has 1 saturated heterocycles. The lowest BCUT2D eigenvalue weighted by Crippen LogP contribution is -2.50. The van der Waals surface area contributed by atoms with Crippen molar-refractivity contribution < 1.29 is 9.47 Å². The first-order valence-electron chi connectivity index (χ1n) is 7.28. The molecule has 2 atom stereocenters. The van der Waals surface area contributed by atoms with E-state index in [0.717, 1.165) is 6.61 Å². The van der Waals surface area contributed by atoms with Gasteiger partial charge in [0.25, 0.3) is 0 Å². The third kappa shape index (κ3) is 3.03. The number of ether oxygens (including phenoxy) is 2. The third-order valence-corrected chi connectivity index (χ3v) is 4.31. The first kappa shape index (κ1) is 13.4. The van der Waals surface area contributed by atoms with E-state index in [-0.39, 0.29) is 11.7 Å². The second-order valence-corrected chi connectivity index (χ2v) is 6.87. The highest BCUT2D eigenvalue weighted by Crippen LogP contribution is 2.39. The SMILES string of the molecule is CC(C)C1OC(C2CCCCC2)OCC1(C)C. The summed E-state index contributed by atoms with van der Waals surface area (Å²) in [7, 11) is 0. The van der Waals surface area contributed by atoms with Crippen LogP contribution >= 0.6 is 0 Å². The molecule has 2 rings (SSSR count). The predicted octanol–water partition coefficient (Wildman–Crippen LogP) is 3.99. The van der Waals surface area contributed by atoms with Gasteiger partial charge in [-0.2, -0.15) is 0 Å². The van der Waals surface area contributed by atoms with Gasteiger partial charge in [-0.05, 0) is 18.8 Å². The molecule has 1 aliphatic heterocycles. The van der Waals surface area contributed by atoms with Crippen molar-refractivity contribution in [2.24, 2.45) is 17.3 Å². The van der Waals surface area contributed by atoms with E-state index in [4.69, 9.17) is 9.47 Å². The lowest BCUT2D eigenvalue weighted by molar-refractivity contribution is -0.289. The van der Waals surface area contributed by atoms with Crippen molar-refractivity contribution in [2.75, 3.05) is 6.61 Å². The molecular formula is C15H28O2. The Balaban J connectivity index is 1.98. The molecule has 0 radical (unpaired) electrons. The molecule has 0 N–H and O–H groups in total.